The molecule has 0 unspecified atom stereocenters. The van der Waals surface area contributed by atoms with Crippen LogP contribution in [0, 0.1) is 5.82 Å². The zero-order valence-electron chi connectivity index (χ0n) is 15.2. The van der Waals surface area contributed by atoms with E-state index in [-0.39, 0.29) is 28.5 Å². The largest absolute Gasteiger partial charge is 0.304 e. The van der Waals surface area contributed by atoms with Crippen molar-refractivity contribution >= 4 is 11.0 Å². The number of hydrogen-bond donors (Lipinski definition) is 1. The Morgan fingerprint density at radius 1 is 1.24 bits per heavy atom. The van der Waals surface area contributed by atoms with E-state index in [1.54, 1.807) is 24.0 Å². The Hall–Kier alpha value is -3.43. The van der Waals surface area contributed by atoms with Gasteiger partial charge in [-0.05, 0) is 42.5 Å². The molecule has 1 fully saturated rings. The Labute approximate surface area is 161 Å². The smallest absolute Gasteiger partial charge is 0.266 e. The number of nitrogens with zero attached hydrogens (tertiary/aromatic N) is 5. The number of aryl methyl sites for hydroxylation is 1. The Bertz CT molecular complexity index is 1300. The van der Waals surface area contributed by atoms with E-state index in [0.717, 1.165) is 17.5 Å². The van der Waals surface area contributed by atoms with E-state index >= 15 is 0 Å². The minimum atomic E-state index is -2.89. The zero-order valence-corrected chi connectivity index (χ0v) is 15.2. The minimum absolute atomic E-state index is 0.0142. The summed E-state index contributed by atoms with van der Waals surface area (Å²) in [5.41, 5.74) is -0.348. The molecule has 4 aromatic rings. The second-order valence-corrected chi connectivity index (χ2v) is 7.12. The monoisotopic (exact) mass is 400 g/mol. The van der Waals surface area contributed by atoms with E-state index in [4.69, 9.17) is 0 Å². The first-order valence-corrected chi connectivity index (χ1v) is 9.02. The van der Waals surface area contributed by atoms with Crippen LogP contribution in [0.5, 0.6) is 0 Å². The Kier molecular flexibility index (Phi) is 3.83. The van der Waals surface area contributed by atoms with Gasteiger partial charge in [0.2, 0.25) is 0 Å². The van der Waals surface area contributed by atoms with Crippen molar-refractivity contribution in [1.29, 1.82) is 0 Å². The third-order valence-corrected chi connectivity index (χ3v) is 4.97. The topological polar surface area (TPSA) is 81.4 Å². The molecule has 0 bridgehead atoms. The normalized spacial score (nSPS) is 14.2. The summed E-state index contributed by atoms with van der Waals surface area (Å²) in [5.74, 6) is -0.496. The molecular weight excluding hydrogens is 385 g/mol. The van der Waals surface area contributed by atoms with Gasteiger partial charge in [0.15, 0.2) is 11.5 Å². The van der Waals surface area contributed by atoms with Crippen molar-refractivity contribution in [1.82, 2.24) is 29.5 Å². The fourth-order valence-electron chi connectivity index (χ4n) is 3.40. The van der Waals surface area contributed by atoms with Crippen LogP contribution in [-0.4, -0.2) is 29.5 Å². The quantitative estimate of drug-likeness (QED) is 0.569. The maximum Gasteiger partial charge on any atom is 0.266 e. The molecule has 3 aromatic heterocycles. The summed E-state index contributed by atoms with van der Waals surface area (Å²) >= 11 is 0. The van der Waals surface area contributed by atoms with Crippen molar-refractivity contribution in [2.24, 2.45) is 7.05 Å². The van der Waals surface area contributed by atoms with Crippen molar-refractivity contribution in [3.63, 3.8) is 0 Å². The van der Waals surface area contributed by atoms with Gasteiger partial charge in [-0.15, -0.1) is 5.10 Å². The lowest BCUT2D eigenvalue weighted by atomic mass is 10.0. The summed E-state index contributed by atoms with van der Waals surface area (Å²) in [5, 5.41) is 8.34. The molecule has 1 N–H and O–H groups in total. The van der Waals surface area contributed by atoms with Gasteiger partial charge in [-0.2, -0.15) is 5.10 Å². The third-order valence-electron chi connectivity index (χ3n) is 4.97. The highest BCUT2D eigenvalue weighted by Crippen LogP contribution is 2.42. The van der Waals surface area contributed by atoms with Gasteiger partial charge in [-0.3, -0.25) is 9.48 Å². The van der Waals surface area contributed by atoms with Crippen molar-refractivity contribution in [3.05, 3.63) is 57.9 Å². The molecule has 7 nitrogen and oxygen atoms in total. The molecule has 1 aliphatic carbocycles. The van der Waals surface area contributed by atoms with E-state index < -0.39 is 23.4 Å². The average molecular weight is 400 g/mol. The fraction of sp³-hybridized carbons (Fsp3) is 0.263. The Balaban J connectivity index is 1.68. The maximum absolute atomic E-state index is 14.8. The lowest BCUT2D eigenvalue weighted by molar-refractivity contribution is 0.150. The van der Waals surface area contributed by atoms with E-state index in [1.165, 1.54) is 18.3 Å². The number of rotatable bonds is 4. The van der Waals surface area contributed by atoms with Gasteiger partial charge >= 0.3 is 0 Å². The highest BCUT2D eigenvalue weighted by molar-refractivity contribution is 5.75. The van der Waals surface area contributed by atoms with Gasteiger partial charge in [0.1, 0.15) is 22.6 Å². The molecule has 0 saturated heterocycles. The van der Waals surface area contributed by atoms with Crippen LogP contribution < -0.4 is 5.56 Å². The van der Waals surface area contributed by atoms with Gasteiger partial charge < -0.3 is 4.98 Å². The first kappa shape index (κ1) is 17.7. The van der Waals surface area contributed by atoms with Crippen molar-refractivity contribution in [2.75, 3.05) is 0 Å². The molecule has 10 heteroatoms. The van der Waals surface area contributed by atoms with E-state index in [2.05, 4.69) is 20.2 Å². The number of halogens is 3. The molecule has 3 heterocycles. The van der Waals surface area contributed by atoms with Gasteiger partial charge in [-0.1, -0.05) is 0 Å². The molecule has 0 spiro atoms. The predicted molar refractivity (Wildman–Crippen MR) is 98.6 cm³/mol. The van der Waals surface area contributed by atoms with Crippen molar-refractivity contribution in [3.8, 4) is 17.2 Å². The fourth-order valence-corrected chi connectivity index (χ4v) is 3.40. The summed E-state index contributed by atoms with van der Waals surface area (Å²) in [4.78, 5) is 19.3. The lowest BCUT2D eigenvalue weighted by Gasteiger charge is -2.12. The first-order valence-electron chi connectivity index (χ1n) is 9.02. The van der Waals surface area contributed by atoms with Crippen LogP contribution >= 0.6 is 0 Å². The molecule has 1 aromatic carbocycles. The molecule has 0 radical (unpaired) electrons. The van der Waals surface area contributed by atoms with E-state index in [9.17, 15) is 18.0 Å². The SMILES string of the molecule is Cn1ccc(-c2nc3nn(-c4c(F)cc(C5CC5)cc4C(F)F)cc3c(=O)[nH]2)n1. The number of aromatic nitrogens is 6. The first-order chi connectivity index (χ1) is 13.9. The zero-order chi connectivity index (χ0) is 20.3. The summed E-state index contributed by atoms with van der Waals surface area (Å²) in [7, 11) is 1.72. The highest BCUT2D eigenvalue weighted by Gasteiger charge is 2.28. The number of fused-ring (bicyclic) bond motifs is 1. The standard InChI is InChI=1S/C19H15F3N6O/c1-27-5-4-14(25-27)18-23-17-12(19(29)24-18)8-28(26-17)15-11(16(21)22)6-10(7-13(15)20)9-2-3-9/h4-9,16H,2-3H2,1H3,(H,23,24,26,29). The van der Waals surface area contributed by atoms with Gasteiger partial charge in [0.25, 0.3) is 12.0 Å². The molecule has 1 aliphatic rings. The van der Waals surface area contributed by atoms with Gasteiger partial charge in [-0.25, -0.2) is 22.8 Å². The molecule has 0 amide bonds. The lowest BCUT2D eigenvalue weighted by Crippen LogP contribution is -2.08. The summed E-state index contributed by atoms with van der Waals surface area (Å²) < 4.78 is 44.7. The highest BCUT2D eigenvalue weighted by atomic mass is 19.3. The Morgan fingerprint density at radius 2 is 2.03 bits per heavy atom. The minimum Gasteiger partial charge on any atom is -0.304 e. The van der Waals surface area contributed by atoms with Gasteiger partial charge in [0, 0.05) is 25.0 Å². The second-order valence-electron chi connectivity index (χ2n) is 7.12. The van der Waals surface area contributed by atoms with Crippen LogP contribution in [0.3, 0.4) is 0 Å². The van der Waals surface area contributed by atoms with Crippen molar-refractivity contribution < 1.29 is 13.2 Å². The van der Waals surface area contributed by atoms with Crippen LogP contribution in [0.1, 0.15) is 36.3 Å². The second kappa shape index (κ2) is 6.29. The molecule has 1 saturated carbocycles. The van der Waals surface area contributed by atoms with Crippen LogP contribution in [0.4, 0.5) is 13.2 Å². The average Bonchev–Trinajstić information content (AvgIpc) is 3.29. The van der Waals surface area contributed by atoms with Gasteiger partial charge in [0.05, 0.1) is 0 Å². The molecule has 5 rings (SSSR count). The number of H-pyrrole nitrogens is 1. The summed E-state index contributed by atoms with van der Waals surface area (Å²) in [6, 6.07) is 4.25. The third kappa shape index (κ3) is 3.00. The molecule has 29 heavy (non-hydrogen) atoms. The number of hydrogen-bond acceptors (Lipinski definition) is 4. The summed E-state index contributed by atoms with van der Waals surface area (Å²) in [6.07, 6.45) is 1.74. The number of aromatic amines is 1. The number of nitrogens with one attached hydrogen (secondary N) is 1. The van der Waals surface area contributed by atoms with Crippen molar-refractivity contribution in [2.45, 2.75) is 25.2 Å². The van der Waals surface area contributed by atoms with Crippen LogP contribution in [-0.2, 0) is 7.05 Å². The predicted octanol–water partition coefficient (Wildman–Crippen LogP) is 3.46. The van der Waals surface area contributed by atoms with E-state index in [0.29, 0.717) is 11.3 Å². The molecular formula is C19H15F3N6O. The summed E-state index contributed by atoms with van der Waals surface area (Å²) in [6.45, 7) is 0. The molecule has 0 aliphatic heterocycles. The van der Waals surface area contributed by atoms with Crippen LogP contribution in [0.25, 0.3) is 28.2 Å². The maximum atomic E-state index is 14.8. The number of benzene rings is 1. The number of alkyl halides is 2. The van der Waals surface area contributed by atoms with Crippen LogP contribution in [0.15, 0.2) is 35.4 Å². The Morgan fingerprint density at radius 3 is 2.69 bits per heavy atom. The molecule has 148 valence electrons. The van der Waals surface area contributed by atoms with E-state index in [1.807, 2.05) is 0 Å². The van der Waals surface area contributed by atoms with Crippen LogP contribution in [0.2, 0.25) is 0 Å². The molecule has 0 atom stereocenters.